The Kier molecular flexibility index (Phi) is 5.74. The highest BCUT2D eigenvalue weighted by Gasteiger charge is 2.10. The lowest BCUT2D eigenvalue weighted by molar-refractivity contribution is 0.483. The van der Waals surface area contributed by atoms with Gasteiger partial charge in [-0.3, -0.25) is 4.55 Å². The van der Waals surface area contributed by atoms with E-state index in [0.717, 1.165) is 12.0 Å². The van der Waals surface area contributed by atoms with Crippen LogP contribution in [0.25, 0.3) is 0 Å². The topological polar surface area (TPSA) is 54.4 Å². The first-order chi connectivity index (χ1) is 10.9. The van der Waals surface area contributed by atoms with E-state index in [1.807, 2.05) is 18.2 Å². The van der Waals surface area contributed by atoms with Gasteiger partial charge in [0.25, 0.3) is 10.1 Å². The number of hydrogen-bond donors (Lipinski definition) is 1. The third-order valence-corrected chi connectivity index (χ3v) is 4.85. The zero-order valence-corrected chi connectivity index (χ0v) is 14.2. The van der Waals surface area contributed by atoms with Crippen molar-refractivity contribution in [2.45, 2.75) is 37.0 Å². The fourth-order valence-corrected chi connectivity index (χ4v) is 2.94. The Morgan fingerprint density at radius 3 is 2.13 bits per heavy atom. The predicted molar refractivity (Wildman–Crippen MR) is 93.3 cm³/mol. The number of rotatable bonds is 6. The van der Waals surface area contributed by atoms with E-state index in [4.69, 9.17) is 4.55 Å². The normalized spacial score (nSPS) is 14.7. The van der Waals surface area contributed by atoms with Crippen molar-refractivity contribution in [3.63, 3.8) is 0 Å². The van der Waals surface area contributed by atoms with E-state index in [2.05, 4.69) is 38.1 Å². The second kappa shape index (κ2) is 7.57. The zero-order valence-electron chi connectivity index (χ0n) is 13.4. The molecule has 0 aliphatic heterocycles. The third kappa shape index (κ3) is 5.05. The Morgan fingerprint density at radius 2 is 1.57 bits per heavy atom. The van der Waals surface area contributed by atoms with Crippen molar-refractivity contribution in [1.82, 2.24) is 0 Å². The van der Waals surface area contributed by atoms with Gasteiger partial charge in [-0.05, 0) is 41.5 Å². The second-order valence-electron chi connectivity index (χ2n) is 5.81. The monoisotopic (exact) mass is 330 g/mol. The van der Waals surface area contributed by atoms with Gasteiger partial charge in [-0.1, -0.05) is 68.5 Å². The largest absolute Gasteiger partial charge is 0.294 e. The maximum absolute atomic E-state index is 11.0. The van der Waals surface area contributed by atoms with Crippen LogP contribution >= 0.6 is 0 Å². The van der Waals surface area contributed by atoms with Gasteiger partial charge in [-0.15, -0.1) is 0 Å². The molecule has 2 unspecified atom stereocenters. The quantitative estimate of drug-likeness (QED) is 0.612. The summed E-state index contributed by atoms with van der Waals surface area (Å²) >= 11 is 0. The van der Waals surface area contributed by atoms with Crippen LogP contribution in [0.4, 0.5) is 0 Å². The molecule has 4 heteroatoms. The minimum absolute atomic E-state index is 0.0679. The maximum Gasteiger partial charge on any atom is 0.294 e. The molecule has 0 fully saturated rings. The number of hydrogen-bond acceptors (Lipinski definition) is 2. The van der Waals surface area contributed by atoms with E-state index >= 15 is 0 Å². The van der Waals surface area contributed by atoms with Crippen LogP contribution in [0.3, 0.4) is 0 Å². The van der Waals surface area contributed by atoms with Gasteiger partial charge < -0.3 is 0 Å². The molecule has 2 atom stereocenters. The molecule has 0 radical (unpaired) electrons. The first-order valence-electron chi connectivity index (χ1n) is 7.67. The standard InChI is InChI=1S/C19H22O3S/c1-15(17-9-4-3-5-10-17)7-6-8-16(2)18-11-13-19(14-12-18)23(20,21)22/h3-7,9-16H,8H2,1-2H3,(H,20,21,22). The van der Waals surface area contributed by atoms with Crippen LogP contribution in [0.15, 0.2) is 71.6 Å². The molecule has 1 N–H and O–H groups in total. The Hall–Kier alpha value is -1.91. The molecule has 0 saturated carbocycles. The first kappa shape index (κ1) is 17.4. The Bertz CT molecular complexity index is 747. The molecule has 0 heterocycles. The van der Waals surface area contributed by atoms with Crippen molar-refractivity contribution in [2.24, 2.45) is 0 Å². The van der Waals surface area contributed by atoms with Gasteiger partial charge in [0.05, 0.1) is 4.90 Å². The molecule has 0 saturated heterocycles. The SMILES string of the molecule is CC(C=CCC(C)c1ccc(S(=O)(=O)O)cc1)c1ccccc1. The fourth-order valence-electron chi connectivity index (χ4n) is 2.46. The van der Waals surface area contributed by atoms with Crippen molar-refractivity contribution < 1.29 is 13.0 Å². The smallest absolute Gasteiger partial charge is 0.282 e. The maximum atomic E-state index is 11.0. The van der Waals surface area contributed by atoms with E-state index in [9.17, 15) is 8.42 Å². The van der Waals surface area contributed by atoms with Gasteiger partial charge >= 0.3 is 0 Å². The molecule has 0 aliphatic carbocycles. The highest BCUT2D eigenvalue weighted by molar-refractivity contribution is 7.85. The average molecular weight is 330 g/mol. The van der Waals surface area contributed by atoms with Gasteiger partial charge in [0, 0.05) is 0 Å². The summed E-state index contributed by atoms with van der Waals surface area (Å²) in [6.07, 6.45) is 5.24. The fraction of sp³-hybridized carbons (Fsp3) is 0.263. The summed E-state index contributed by atoms with van der Waals surface area (Å²) in [5.41, 5.74) is 2.34. The molecule has 0 aliphatic rings. The summed E-state index contributed by atoms with van der Waals surface area (Å²) in [6, 6.07) is 16.7. The molecule has 0 aromatic heterocycles. The van der Waals surface area contributed by atoms with Crippen LogP contribution in [-0.2, 0) is 10.1 Å². The lowest BCUT2D eigenvalue weighted by Crippen LogP contribution is -1.99. The summed E-state index contributed by atoms with van der Waals surface area (Å²) in [6.45, 7) is 4.26. The Labute approximate surface area is 138 Å². The molecule has 23 heavy (non-hydrogen) atoms. The van der Waals surface area contributed by atoms with Crippen LogP contribution < -0.4 is 0 Å². The van der Waals surface area contributed by atoms with Gasteiger partial charge in [0.2, 0.25) is 0 Å². The third-order valence-electron chi connectivity index (χ3n) is 3.99. The van der Waals surface area contributed by atoms with E-state index in [0.29, 0.717) is 5.92 Å². The summed E-state index contributed by atoms with van der Waals surface area (Å²) in [5.74, 6) is 0.648. The summed E-state index contributed by atoms with van der Waals surface area (Å²) in [5, 5.41) is 0. The molecule has 0 bridgehead atoms. The predicted octanol–water partition coefficient (Wildman–Crippen LogP) is 4.79. The van der Waals surface area contributed by atoms with Gasteiger partial charge in [0.15, 0.2) is 0 Å². The van der Waals surface area contributed by atoms with E-state index in [-0.39, 0.29) is 10.8 Å². The molecular formula is C19H22O3S. The molecule has 2 rings (SSSR count). The summed E-state index contributed by atoms with van der Waals surface area (Å²) in [4.78, 5) is -0.0679. The van der Waals surface area contributed by atoms with E-state index in [1.54, 1.807) is 12.1 Å². The van der Waals surface area contributed by atoms with Gasteiger partial charge in [-0.25, -0.2) is 0 Å². The van der Waals surface area contributed by atoms with Gasteiger partial charge in [0.1, 0.15) is 0 Å². The van der Waals surface area contributed by atoms with E-state index in [1.165, 1.54) is 17.7 Å². The Balaban J connectivity index is 1.97. The minimum atomic E-state index is -4.12. The summed E-state index contributed by atoms with van der Waals surface area (Å²) < 4.78 is 31.1. The molecular weight excluding hydrogens is 308 g/mol. The lowest BCUT2D eigenvalue weighted by atomic mass is 9.95. The van der Waals surface area contributed by atoms with Crippen LogP contribution in [0.1, 0.15) is 43.2 Å². The summed E-state index contributed by atoms with van der Waals surface area (Å²) in [7, 11) is -4.12. The number of allylic oxidation sites excluding steroid dienone is 2. The minimum Gasteiger partial charge on any atom is -0.282 e. The van der Waals surface area contributed by atoms with Crippen molar-refractivity contribution in [3.05, 3.63) is 77.9 Å². The lowest BCUT2D eigenvalue weighted by Gasteiger charge is -2.11. The second-order valence-corrected chi connectivity index (χ2v) is 7.23. The molecule has 0 amide bonds. The highest BCUT2D eigenvalue weighted by Crippen LogP contribution is 2.23. The highest BCUT2D eigenvalue weighted by atomic mass is 32.2. The molecule has 3 nitrogen and oxygen atoms in total. The molecule has 122 valence electrons. The van der Waals surface area contributed by atoms with Crippen LogP contribution in [0.2, 0.25) is 0 Å². The van der Waals surface area contributed by atoms with Crippen molar-refractivity contribution in [1.29, 1.82) is 0 Å². The Morgan fingerprint density at radius 1 is 0.957 bits per heavy atom. The average Bonchev–Trinajstić information content (AvgIpc) is 2.54. The zero-order chi connectivity index (χ0) is 16.9. The van der Waals surface area contributed by atoms with Gasteiger partial charge in [-0.2, -0.15) is 8.42 Å². The van der Waals surface area contributed by atoms with Crippen molar-refractivity contribution in [2.75, 3.05) is 0 Å². The van der Waals surface area contributed by atoms with Crippen LogP contribution in [0.5, 0.6) is 0 Å². The van der Waals surface area contributed by atoms with Crippen LogP contribution in [0, 0.1) is 0 Å². The molecule has 0 spiro atoms. The molecule has 2 aromatic carbocycles. The number of benzene rings is 2. The molecule has 2 aromatic rings. The van der Waals surface area contributed by atoms with E-state index < -0.39 is 10.1 Å². The van der Waals surface area contributed by atoms with Crippen molar-refractivity contribution >= 4 is 10.1 Å². The van der Waals surface area contributed by atoms with Crippen molar-refractivity contribution in [3.8, 4) is 0 Å². The first-order valence-corrected chi connectivity index (χ1v) is 9.11. The van der Waals surface area contributed by atoms with Crippen LogP contribution in [-0.4, -0.2) is 13.0 Å².